The number of para-hydroxylation sites is 1. The Bertz CT molecular complexity index is 1620. The van der Waals surface area contributed by atoms with Crippen molar-refractivity contribution in [2.75, 3.05) is 41.8 Å². The molecular formula is C27H21F4N7O3. The molecule has 0 radical (unpaired) electrons. The van der Waals surface area contributed by atoms with Gasteiger partial charge in [0, 0.05) is 30.4 Å². The number of nitrogens with one attached hydrogen (secondary N) is 2. The van der Waals surface area contributed by atoms with Gasteiger partial charge in [-0.15, -0.1) is 5.10 Å². The number of aliphatic imine (C=N–C) groups is 1. The minimum absolute atomic E-state index is 0.0280. The van der Waals surface area contributed by atoms with Gasteiger partial charge >= 0.3 is 12.2 Å². The minimum atomic E-state index is -4.60. The molecule has 0 aliphatic carbocycles. The smallest absolute Gasteiger partial charge is 0.402 e. The Kier molecular flexibility index (Phi) is 6.83. The van der Waals surface area contributed by atoms with Crippen LogP contribution in [0.3, 0.4) is 0 Å². The van der Waals surface area contributed by atoms with Crippen molar-refractivity contribution in [2.45, 2.75) is 12.3 Å². The fraction of sp³-hybridized carbons (Fsp3) is 0.222. The third-order valence-electron chi connectivity index (χ3n) is 6.51. The zero-order chi connectivity index (χ0) is 28.6. The molecule has 2 aromatic carbocycles. The van der Waals surface area contributed by atoms with E-state index in [0.29, 0.717) is 49.3 Å². The highest BCUT2D eigenvalue weighted by atomic mass is 19.4. The van der Waals surface area contributed by atoms with Crippen LogP contribution in [0.1, 0.15) is 16.7 Å². The fourth-order valence-electron chi connectivity index (χ4n) is 4.53. The van der Waals surface area contributed by atoms with E-state index < -0.39 is 29.6 Å². The number of halogens is 4. The Balaban J connectivity index is 1.35. The summed E-state index contributed by atoms with van der Waals surface area (Å²) in [6.45, 7) is 1.33. The zero-order valence-electron chi connectivity index (χ0n) is 21.2. The number of carbonyl (C=O) groups is 1. The van der Waals surface area contributed by atoms with Gasteiger partial charge in [-0.3, -0.25) is 4.79 Å². The summed E-state index contributed by atoms with van der Waals surface area (Å²) in [6, 6.07) is 14.0. The van der Waals surface area contributed by atoms with Crippen molar-refractivity contribution in [1.82, 2.24) is 15.2 Å². The van der Waals surface area contributed by atoms with Crippen molar-refractivity contribution >= 4 is 29.0 Å². The van der Waals surface area contributed by atoms with Crippen molar-refractivity contribution in [1.29, 1.82) is 0 Å². The zero-order valence-corrected chi connectivity index (χ0v) is 21.2. The van der Waals surface area contributed by atoms with Gasteiger partial charge in [0.05, 0.1) is 35.9 Å². The Hall–Kier alpha value is -4.85. The molecule has 0 saturated carbocycles. The van der Waals surface area contributed by atoms with Gasteiger partial charge in [-0.2, -0.15) is 13.2 Å². The molecule has 1 atom stereocenters. The second kappa shape index (κ2) is 10.6. The molecule has 4 aromatic rings. The molecule has 0 bridgehead atoms. The Morgan fingerprint density at radius 2 is 1.80 bits per heavy atom. The fourth-order valence-corrected chi connectivity index (χ4v) is 4.53. The lowest BCUT2D eigenvalue weighted by atomic mass is 10.0. The maximum Gasteiger partial charge on any atom is 0.417 e. The van der Waals surface area contributed by atoms with Crippen molar-refractivity contribution in [2.24, 2.45) is 4.99 Å². The quantitative estimate of drug-likeness (QED) is 0.342. The summed E-state index contributed by atoms with van der Waals surface area (Å²) in [7, 11) is 0. The molecule has 2 aromatic heterocycles. The molecule has 1 saturated heterocycles. The van der Waals surface area contributed by atoms with Crippen molar-refractivity contribution in [3.8, 4) is 11.6 Å². The summed E-state index contributed by atoms with van der Waals surface area (Å²) in [6.07, 6.45) is -5.23. The molecule has 6 rings (SSSR count). The summed E-state index contributed by atoms with van der Waals surface area (Å²) in [5.41, 5.74) is 0.594. The highest BCUT2D eigenvalue weighted by Gasteiger charge is 2.34. The van der Waals surface area contributed by atoms with Gasteiger partial charge in [-0.25, -0.2) is 14.4 Å². The lowest BCUT2D eigenvalue weighted by molar-refractivity contribution is -0.137. The van der Waals surface area contributed by atoms with Crippen LogP contribution in [0.15, 0.2) is 70.2 Å². The molecule has 2 aliphatic heterocycles. The van der Waals surface area contributed by atoms with E-state index in [4.69, 9.17) is 9.15 Å². The molecule has 1 fully saturated rings. The second-order valence-corrected chi connectivity index (χ2v) is 9.14. The maximum absolute atomic E-state index is 14.7. The van der Waals surface area contributed by atoms with Gasteiger partial charge in [-0.1, -0.05) is 47.6 Å². The number of fused-ring (bicyclic) bond motifs is 1. The van der Waals surface area contributed by atoms with Crippen molar-refractivity contribution < 1.29 is 31.5 Å². The number of rotatable bonds is 5. The number of hydrogen-bond acceptors (Lipinski definition) is 9. The average Bonchev–Trinajstić information content (AvgIpc) is 3.39. The Morgan fingerprint density at radius 1 is 1.02 bits per heavy atom. The maximum atomic E-state index is 14.7. The number of amides is 1. The first kappa shape index (κ1) is 26.4. The average molecular weight is 568 g/mol. The van der Waals surface area contributed by atoms with Crippen LogP contribution in [0.5, 0.6) is 0 Å². The number of anilines is 3. The first-order chi connectivity index (χ1) is 19.8. The Labute approximate surface area is 230 Å². The summed E-state index contributed by atoms with van der Waals surface area (Å²) in [4.78, 5) is 23.3. The molecule has 14 heteroatoms. The normalized spacial score (nSPS) is 17.4. The number of ether oxygens (including phenoxy) is 1. The molecule has 41 heavy (non-hydrogen) atoms. The number of carbonyl (C=O) groups excluding carboxylic acids is 1. The van der Waals surface area contributed by atoms with Crippen LogP contribution in [-0.2, 0) is 15.7 Å². The number of aromatic nitrogens is 3. The standard InChI is InChI=1S/C27H21F4N7O3/c28-18-8-4-7-17-20(15-5-2-1-3-6-15)33-23(24(39)34-21(17)18)35-26-37-36-25(41-26)22-19(38-9-11-40-12-10-38)13-16(14-32-22)27(29,30)31/h1-8,13-14,23H,9-12H2,(H,34,39)(H,35,37)/t23-/m1/s1. The third kappa shape index (κ3) is 5.33. The van der Waals surface area contributed by atoms with Crippen molar-refractivity contribution in [3.63, 3.8) is 0 Å². The number of benzodiazepines with no additional fused rings is 1. The molecule has 4 heterocycles. The first-order valence-corrected chi connectivity index (χ1v) is 12.5. The lowest BCUT2D eigenvalue weighted by Gasteiger charge is -2.30. The largest absolute Gasteiger partial charge is 0.417 e. The third-order valence-corrected chi connectivity index (χ3v) is 6.51. The van der Waals surface area contributed by atoms with Crippen LogP contribution >= 0.6 is 0 Å². The van der Waals surface area contributed by atoms with Crippen LogP contribution in [0.4, 0.5) is 35.0 Å². The number of pyridine rings is 1. The van der Waals surface area contributed by atoms with E-state index in [1.165, 1.54) is 12.1 Å². The topological polar surface area (TPSA) is 118 Å². The molecule has 2 aliphatic rings. The van der Waals surface area contributed by atoms with Crippen LogP contribution in [0, 0.1) is 5.82 Å². The predicted molar refractivity (Wildman–Crippen MR) is 140 cm³/mol. The van der Waals surface area contributed by atoms with E-state index in [1.54, 1.807) is 35.2 Å². The highest BCUT2D eigenvalue weighted by molar-refractivity contribution is 6.19. The summed E-state index contributed by atoms with van der Waals surface area (Å²) in [5.74, 6) is -1.49. The van der Waals surface area contributed by atoms with Gasteiger partial charge < -0.3 is 24.7 Å². The monoisotopic (exact) mass is 567 g/mol. The van der Waals surface area contributed by atoms with Crippen molar-refractivity contribution in [3.05, 3.63) is 83.3 Å². The molecule has 210 valence electrons. The highest BCUT2D eigenvalue weighted by Crippen LogP contribution is 2.36. The summed E-state index contributed by atoms with van der Waals surface area (Å²) in [5, 5.41) is 13.2. The predicted octanol–water partition coefficient (Wildman–Crippen LogP) is 4.35. The second-order valence-electron chi connectivity index (χ2n) is 9.14. The summed E-state index contributed by atoms with van der Waals surface area (Å²) < 4.78 is 66.1. The van der Waals surface area contributed by atoms with Crippen LogP contribution in [-0.4, -0.2) is 59.3 Å². The number of hydrogen-bond donors (Lipinski definition) is 2. The van der Waals surface area contributed by atoms with Crippen LogP contribution < -0.4 is 15.5 Å². The molecule has 0 spiro atoms. The lowest BCUT2D eigenvalue weighted by Crippen LogP contribution is -2.36. The van der Waals surface area contributed by atoms with Gasteiger partial charge in [0.15, 0.2) is 5.69 Å². The Morgan fingerprint density at radius 3 is 2.56 bits per heavy atom. The minimum Gasteiger partial charge on any atom is -0.402 e. The van der Waals surface area contributed by atoms with E-state index in [0.717, 1.165) is 6.07 Å². The summed E-state index contributed by atoms with van der Waals surface area (Å²) >= 11 is 0. The van der Waals surface area contributed by atoms with E-state index in [1.807, 2.05) is 6.07 Å². The van der Waals surface area contributed by atoms with E-state index in [2.05, 4.69) is 30.8 Å². The molecule has 10 nitrogen and oxygen atoms in total. The van der Waals surface area contributed by atoms with E-state index in [-0.39, 0.29) is 29.0 Å². The van der Waals surface area contributed by atoms with Gasteiger partial charge in [-0.05, 0) is 12.1 Å². The number of morpholine rings is 1. The van der Waals surface area contributed by atoms with Crippen LogP contribution in [0.25, 0.3) is 11.6 Å². The molecule has 0 unspecified atom stereocenters. The molecule has 2 N–H and O–H groups in total. The van der Waals surface area contributed by atoms with Gasteiger partial charge in [0.25, 0.3) is 11.8 Å². The number of benzene rings is 2. The molecular weight excluding hydrogens is 546 g/mol. The first-order valence-electron chi connectivity index (χ1n) is 12.5. The van der Waals surface area contributed by atoms with E-state index in [9.17, 15) is 22.4 Å². The number of nitrogens with zero attached hydrogens (tertiary/aromatic N) is 5. The molecule has 1 amide bonds. The van der Waals surface area contributed by atoms with Crippen LogP contribution in [0.2, 0.25) is 0 Å². The SMILES string of the molecule is O=C1Nc2c(F)cccc2C(c2ccccc2)=N[C@@H]1Nc1nnc(-c2ncc(C(F)(F)F)cc2N2CCOCC2)o1. The van der Waals surface area contributed by atoms with Gasteiger partial charge in [0.2, 0.25) is 6.17 Å². The van der Waals surface area contributed by atoms with Gasteiger partial charge in [0.1, 0.15) is 5.82 Å². The van der Waals surface area contributed by atoms with E-state index >= 15 is 0 Å². The number of alkyl halides is 3.